The molecule has 1 heterocycles. The smallest absolute Gasteiger partial charge is 0.222 e. The van der Waals surface area contributed by atoms with Crippen LogP contribution in [0.15, 0.2) is 0 Å². The van der Waals surface area contributed by atoms with Crippen LogP contribution in [0.25, 0.3) is 0 Å². The first kappa shape index (κ1) is 17.6. The van der Waals surface area contributed by atoms with Crippen LogP contribution in [0.5, 0.6) is 0 Å². The van der Waals surface area contributed by atoms with Gasteiger partial charge in [0.2, 0.25) is 5.91 Å². The molecule has 1 fully saturated rings. The van der Waals surface area contributed by atoms with E-state index < -0.39 is 0 Å². The highest BCUT2D eigenvalue weighted by Crippen LogP contribution is 2.11. The average molecular weight is 281 g/mol. The molecule has 6 heteroatoms. The SMILES string of the molecule is COCCOCCC(=O)NC1CNCCC1C.Cl. The van der Waals surface area contributed by atoms with Crippen LogP contribution in [-0.4, -0.2) is 52.0 Å². The van der Waals surface area contributed by atoms with Gasteiger partial charge >= 0.3 is 0 Å². The normalized spacial score (nSPS) is 23.2. The number of rotatable bonds is 7. The maximum atomic E-state index is 11.6. The van der Waals surface area contributed by atoms with E-state index in [9.17, 15) is 4.79 Å². The highest BCUT2D eigenvalue weighted by Gasteiger charge is 2.22. The summed E-state index contributed by atoms with van der Waals surface area (Å²) < 4.78 is 10.1. The average Bonchev–Trinajstić information content (AvgIpc) is 2.32. The first-order valence-corrected chi connectivity index (χ1v) is 6.30. The van der Waals surface area contributed by atoms with Crippen LogP contribution < -0.4 is 10.6 Å². The summed E-state index contributed by atoms with van der Waals surface area (Å²) >= 11 is 0. The molecule has 0 aromatic heterocycles. The van der Waals surface area contributed by atoms with Gasteiger partial charge in [0, 0.05) is 26.1 Å². The van der Waals surface area contributed by atoms with Gasteiger partial charge in [-0.1, -0.05) is 6.92 Å². The molecule has 2 atom stereocenters. The summed E-state index contributed by atoms with van der Waals surface area (Å²) in [4.78, 5) is 11.6. The summed E-state index contributed by atoms with van der Waals surface area (Å²) in [6.45, 7) is 5.69. The Morgan fingerprint density at radius 2 is 2.17 bits per heavy atom. The number of amides is 1. The molecule has 0 aromatic carbocycles. The van der Waals surface area contributed by atoms with Gasteiger partial charge in [-0.25, -0.2) is 0 Å². The molecule has 0 bridgehead atoms. The first-order valence-electron chi connectivity index (χ1n) is 6.30. The van der Waals surface area contributed by atoms with E-state index in [1.165, 1.54) is 0 Å². The Kier molecular flexibility index (Phi) is 10.3. The topological polar surface area (TPSA) is 59.6 Å². The van der Waals surface area contributed by atoms with Gasteiger partial charge in [0.05, 0.1) is 19.8 Å². The number of hydrogen-bond acceptors (Lipinski definition) is 4. The minimum absolute atomic E-state index is 0. The Balaban J connectivity index is 0.00000289. The van der Waals surface area contributed by atoms with E-state index in [0.29, 0.717) is 32.2 Å². The molecule has 0 aliphatic carbocycles. The van der Waals surface area contributed by atoms with Crippen molar-refractivity contribution in [3.05, 3.63) is 0 Å². The largest absolute Gasteiger partial charge is 0.382 e. The molecule has 2 N–H and O–H groups in total. The summed E-state index contributed by atoms with van der Waals surface area (Å²) in [5, 5.41) is 6.34. The number of nitrogens with one attached hydrogen (secondary N) is 2. The minimum Gasteiger partial charge on any atom is -0.382 e. The fourth-order valence-electron chi connectivity index (χ4n) is 1.87. The van der Waals surface area contributed by atoms with Gasteiger partial charge in [0.1, 0.15) is 0 Å². The summed E-state index contributed by atoms with van der Waals surface area (Å²) in [5.74, 6) is 0.623. The lowest BCUT2D eigenvalue weighted by molar-refractivity contribution is -0.123. The highest BCUT2D eigenvalue weighted by atomic mass is 35.5. The lowest BCUT2D eigenvalue weighted by Crippen LogP contribution is -2.50. The zero-order valence-electron chi connectivity index (χ0n) is 11.2. The highest BCUT2D eigenvalue weighted by molar-refractivity contribution is 5.85. The number of carbonyl (C=O) groups excluding carboxylic acids is 1. The Morgan fingerprint density at radius 1 is 1.39 bits per heavy atom. The molecular formula is C12H25ClN2O3. The molecule has 1 saturated heterocycles. The van der Waals surface area contributed by atoms with E-state index >= 15 is 0 Å². The van der Waals surface area contributed by atoms with Gasteiger partial charge in [-0.2, -0.15) is 0 Å². The number of piperidine rings is 1. The van der Waals surface area contributed by atoms with Gasteiger partial charge in [-0.15, -0.1) is 12.4 Å². The predicted molar refractivity (Wildman–Crippen MR) is 73.1 cm³/mol. The summed E-state index contributed by atoms with van der Waals surface area (Å²) in [6, 6.07) is 0.259. The fourth-order valence-corrected chi connectivity index (χ4v) is 1.87. The molecule has 1 rings (SSSR count). The number of halogens is 1. The molecule has 2 unspecified atom stereocenters. The standard InChI is InChI=1S/C12H24N2O3.ClH/c1-10-3-5-13-9-11(10)14-12(15)4-6-17-8-7-16-2;/h10-11,13H,3-9H2,1-2H3,(H,14,15);1H. The molecule has 0 spiro atoms. The van der Waals surface area contributed by atoms with Crippen molar-refractivity contribution in [2.24, 2.45) is 5.92 Å². The van der Waals surface area contributed by atoms with Gasteiger partial charge in [-0.05, 0) is 18.9 Å². The van der Waals surface area contributed by atoms with E-state index in [1.54, 1.807) is 7.11 Å². The van der Waals surface area contributed by atoms with Crippen LogP contribution in [0.3, 0.4) is 0 Å². The van der Waals surface area contributed by atoms with Crippen molar-refractivity contribution in [2.45, 2.75) is 25.8 Å². The number of hydrogen-bond donors (Lipinski definition) is 2. The van der Waals surface area contributed by atoms with E-state index in [0.717, 1.165) is 19.5 Å². The molecule has 1 amide bonds. The van der Waals surface area contributed by atoms with Crippen molar-refractivity contribution in [1.82, 2.24) is 10.6 Å². The maximum absolute atomic E-state index is 11.6. The second kappa shape index (κ2) is 10.6. The molecule has 108 valence electrons. The third-order valence-electron chi connectivity index (χ3n) is 3.08. The minimum atomic E-state index is 0. The van der Waals surface area contributed by atoms with Crippen LogP contribution in [0, 0.1) is 5.92 Å². The van der Waals surface area contributed by atoms with Crippen LogP contribution in [0.1, 0.15) is 19.8 Å². The van der Waals surface area contributed by atoms with Crippen molar-refractivity contribution in [3.8, 4) is 0 Å². The molecule has 0 radical (unpaired) electrons. The molecule has 1 aliphatic heterocycles. The van der Waals surface area contributed by atoms with Crippen LogP contribution >= 0.6 is 12.4 Å². The summed E-state index contributed by atoms with van der Waals surface area (Å²) in [6.07, 6.45) is 1.54. The number of carbonyl (C=O) groups is 1. The van der Waals surface area contributed by atoms with E-state index in [1.807, 2.05) is 0 Å². The van der Waals surface area contributed by atoms with Gasteiger partial charge in [0.15, 0.2) is 0 Å². The van der Waals surface area contributed by atoms with Crippen LogP contribution in [0.2, 0.25) is 0 Å². The first-order chi connectivity index (χ1) is 8.24. The van der Waals surface area contributed by atoms with Gasteiger partial charge in [-0.3, -0.25) is 4.79 Å². The van der Waals surface area contributed by atoms with E-state index in [-0.39, 0.29) is 24.4 Å². The monoisotopic (exact) mass is 280 g/mol. The Hall–Kier alpha value is -0.360. The number of methoxy groups -OCH3 is 1. The van der Waals surface area contributed by atoms with Crippen LogP contribution in [0.4, 0.5) is 0 Å². The third kappa shape index (κ3) is 7.16. The van der Waals surface area contributed by atoms with Crippen molar-refractivity contribution in [3.63, 3.8) is 0 Å². The molecule has 18 heavy (non-hydrogen) atoms. The summed E-state index contributed by atoms with van der Waals surface area (Å²) in [7, 11) is 1.63. The maximum Gasteiger partial charge on any atom is 0.222 e. The van der Waals surface area contributed by atoms with Crippen molar-refractivity contribution < 1.29 is 14.3 Å². The molecule has 5 nitrogen and oxygen atoms in total. The van der Waals surface area contributed by atoms with Gasteiger partial charge in [0.25, 0.3) is 0 Å². The van der Waals surface area contributed by atoms with Crippen molar-refractivity contribution >= 4 is 18.3 Å². The lowest BCUT2D eigenvalue weighted by Gasteiger charge is -2.30. The molecule has 1 aliphatic rings. The summed E-state index contributed by atoms with van der Waals surface area (Å²) in [5.41, 5.74) is 0. The molecule has 0 aromatic rings. The van der Waals surface area contributed by atoms with Gasteiger partial charge < -0.3 is 20.1 Å². The van der Waals surface area contributed by atoms with E-state index in [2.05, 4.69) is 17.6 Å². The van der Waals surface area contributed by atoms with E-state index in [4.69, 9.17) is 9.47 Å². The lowest BCUT2D eigenvalue weighted by atomic mass is 9.95. The zero-order valence-corrected chi connectivity index (χ0v) is 12.1. The second-order valence-corrected chi connectivity index (χ2v) is 4.50. The zero-order chi connectivity index (χ0) is 12.5. The predicted octanol–water partition coefficient (Wildman–Crippen LogP) is 0.576. The van der Waals surface area contributed by atoms with Crippen molar-refractivity contribution in [1.29, 1.82) is 0 Å². The molecule has 0 saturated carbocycles. The van der Waals surface area contributed by atoms with Crippen LogP contribution in [-0.2, 0) is 14.3 Å². The Labute approximate surface area is 115 Å². The molecular weight excluding hydrogens is 256 g/mol. The quantitative estimate of drug-likeness (QED) is 0.670. The third-order valence-corrected chi connectivity index (χ3v) is 3.08. The Morgan fingerprint density at radius 3 is 2.83 bits per heavy atom. The Bertz CT molecular complexity index is 229. The second-order valence-electron chi connectivity index (χ2n) is 4.50. The fraction of sp³-hybridized carbons (Fsp3) is 0.917. The number of ether oxygens (including phenoxy) is 2. The van der Waals surface area contributed by atoms with Crippen molar-refractivity contribution in [2.75, 3.05) is 40.0 Å².